The number of thiophene rings is 1. The fourth-order valence-electron chi connectivity index (χ4n) is 2.04. The molecule has 2 rings (SSSR count). The van der Waals surface area contributed by atoms with Crippen molar-refractivity contribution in [2.45, 2.75) is 13.8 Å². The van der Waals surface area contributed by atoms with E-state index in [4.69, 9.17) is 5.14 Å². The molecule has 6 nitrogen and oxygen atoms in total. The first kappa shape index (κ1) is 15.7. The maximum atomic E-state index is 12.2. The molecule has 8 heteroatoms. The van der Waals surface area contributed by atoms with E-state index in [2.05, 4.69) is 5.32 Å². The van der Waals surface area contributed by atoms with Crippen molar-refractivity contribution in [1.29, 1.82) is 0 Å². The van der Waals surface area contributed by atoms with Crippen molar-refractivity contribution in [3.8, 4) is 5.00 Å². The third-order valence-corrected chi connectivity index (χ3v) is 4.71. The summed E-state index contributed by atoms with van der Waals surface area (Å²) in [7, 11) is -3.57. The van der Waals surface area contributed by atoms with Gasteiger partial charge < -0.3 is 9.88 Å². The quantitative estimate of drug-likeness (QED) is 0.863. The van der Waals surface area contributed by atoms with Gasteiger partial charge in [0.15, 0.2) is 0 Å². The number of hydrogen-bond donors (Lipinski definition) is 2. The lowest BCUT2D eigenvalue weighted by molar-refractivity contribution is 0.0956. The molecule has 1 amide bonds. The van der Waals surface area contributed by atoms with Crippen molar-refractivity contribution in [3.63, 3.8) is 0 Å². The minimum absolute atomic E-state index is 0.00338. The molecule has 0 saturated carbocycles. The summed E-state index contributed by atoms with van der Waals surface area (Å²) < 4.78 is 23.7. The molecule has 0 saturated heterocycles. The van der Waals surface area contributed by atoms with Crippen molar-refractivity contribution < 1.29 is 13.2 Å². The first-order valence-electron chi connectivity index (χ1n) is 6.31. The van der Waals surface area contributed by atoms with Gasteiger partial charge in [-0.05, 0) is 37.4 Å². The predicted octanol–water partition coefficient (Wildman–Crippen LogP) is 1.17. The van der Waals surface area contributed by atoms with Gasteiger partial charge in [-0.25, -0.2) is 13.6 Å². The van der Waals surface area contributed by atoms with Crippen LogP contribution in [0.2, 0.25) is 0 Å². The van der Waals surface area contributed by atoms with Crippen LogP contribution in [0.4, 0.5) is 0 Å². The van der Waals surface area contributed by atoms with Gasteiger partial charge in [0, 0.05) is 17.9 Å². The van der Waals surface area contributed by atoms with Crippen molar-refractivity contribution in [2.24, 2.45) is 5.14 Å². The van der Waals surface area contributed by atoms with Gasteiger partial charge >= 0.3 is 0 Å². The van der Waals surface area contributed by atoms with Crippen molar-refractivity contribution >= 4 is 27.3 Å². The number of amides is 1. The van der Waals surface area contributed by atoms with Gasteiger partial charge in [-0.15, -0.1) is 11.3 Å². The zero-order valence-corrected chi connectivity index (χ0v) is 13.4. The number of primary sulfonamides is 1. The van der Waals surface area contributed by atoms with Crippen LogP contribution in [0.15, 0.2) is 23.6 Å². The van der Waals surface area contributed by atoms with E-state index in [0.29, 0.717) is 5.56 Å². The topological polar surface area (TPSA) is 94.2 Å². The van der Waals surface area contributed by atoms with Gasteiger partial charge in [0.25, 0.3) is 5.91 Å². The minimum atomic E-state index is -3.57. The molecule has 0 bridgehead atoms. The Kier molecular flexibility index (Phi) is 4.50. The number of sulfonamides is 1. The highest BCUT2D eigenvalue weighted by Crippen LogP contribution is 2.25. The summed E-state index contributed by atoms with van der Waals surface area (Å²) in [5, 5.41) is 10.1. The highest BCUT2D eigenvalue weighted by molar-refractivity contribution is 7.89. The van der Waals surface area contributed by atoms with Crippen LogP contribution in [-0.4, -0.2) is 31.2 Å². The largest absolute Gasteiger partial charge is 0.351 e. The van der Waals surface area contributed by atoms with Crippen LogP contribution in [0, 0.1) is 13.8 Å². The summed E-state index contributed by atoms with van der Waals surface area (Å²) in [4.78, 5) is 12.2. The number of nitrogens with one attached hydrogen (secondary N) is 1. The Morgan fingerprint density at radius 2 is 1.90 bits per heavy atom. The summed E-state index contributed by atoms with van der Waals surface area (Å²) in [6.45, 7) is 3.93. The molecule has 0 aromatic carbocycles. The van der Waals surface area contributed by atoms with Crippen molar-refractivity contribution in [3.05, 3.63) is 40.5 Å². The number of carbonyl (C=O) groups excluding carboxylic acids is 1. The summed E-state index contributed by atoms with van der Waals surface area (Å²) in [6.07, 6.45) is 0. The van der Waals surface area contributed by atoms with Crippen LogP contribution in [0.3, 0.4) is 0 Å². The number of carbonyl (C=O) groups is 1. The average Bonchev–Trinajstić information content (AvgIpc) is 2.94. The second-order valence-electron chi connectivity index (χ2n) is 4.71. The predicted molar refractivity (Wildman–Crippen MR) is 83.4 cm³/mol. The van der Waals surface area contributed by atoms with Crippen molar-refractivity contribution in [1.82, 2.24) is 9.88 Å². The van der Waals surface area contributed by atoms with Crippen LogP contribution in [-0.2, 0) is 10.0 Å². The number of nitrogens with two attached hydrogens (primary N) is 1. The second kappa shape index (κ2) is 6.00. The lowest BCUT2D eigenvalue weighted by Crippen LogP contribution is -2.31. The molecule has 2 aromatic heterocycles. The van der Waals surface area contributed by atoms with E-state index < -0.39 is 10.0 Å². The smallest absolute Gasteiger partial charge is 0.254 e. The molecule has 2 heterocycles. The Labute approximate surface area is 127 Å². The molecule has 0 atom stereocenters. The summed E-state index contributed by atoms with van der Waals surface area (Å²) in [6, 6.07) is 5.70. The van der Waals surface area contributed by atoms with E-state index in [0.717, 1.165) is 16.4 Å². The number of hydrogen-bond acceptors (Lipinski definition) is 4. The Hall–Kier alpha value is -1.64. The van der Waals surface area contributed by atoms with Gasteiger partial charge in [-0.1, -0.05) is 0 Å². The highest BCUT2D eigenvalue weighted by Gasteiger charge is 2.16. The number of aromatic nitrogens is 1. The molecule has 3 N–H and O–H groups in total. The van der Waals surface area contributed by atoms with Gasteiger partial charge in [0.05, 0.1) is 11.3 Å². The third kappa shape index (κ3) is 3.72. The minimum Gasteiger partial charge on any atom is -0.351 e. The molecular weight excluding hydrogens is 310 g/mol. The molecule has 0 spiro atoms. The third-order valence-electron chi connectivity index (χ3n) is 3.04. The Balaban J connectivity index is 2.19. The van der Waals surface area contributed by atoms with Gasteiger partial charge in [0.2, 0.25) is 10.0 Å². The van der Waals surface area contributed by atoms with E-state index >= 15 is 0 Å². The van der Waals surface area contributed by atoms with Crippen LogP contribution in [0.25, 0.3) is 5.00 Å². The normalized spacial score (nSPS) is 11.6. The first-order valence-corrected chi connectivity index (χ1v) is 8.90. The molecule has 0 aliphatic heterocycles. The molecule has 0 fully saturated rings. The monoisotopic (exact) mass is 327 g/mol. The first-order chi connectivity index (χ1) is 9.79. The van der Waals surface area contributed by atoms with Gasteiger partial charge in [-0.2, -0.15) is 0 Å². The molecule has 21 heavy (non-hydrogen) atoms. The molecule has 0 aliphatic rings. The zero-order chi connectivity index (χ0) is 15.6. The summed E-state index contributed by atoms with van der Waals surface area (Å²) >= 11 is 1.46. The van der Waals surface area contributed by atoms with E-state index in [1.807, 2.05) is 35.9 Å². The molecular formula is C13H17N3O3S2. The maximum absolute atomic E-state index is 12.2. The molecule has 0 unspecified atom stereocenters. The second-order valence-corrected chi connectivity index (χ2v) is 7.34. The van der Waals surface area contributed by atoms with E-state index in [1.165, 1.54) is 11.3 Å². The maximum Gasteiger partial charge on any atom is 0.254 e. The number of rotatable bonds is 5. The fourth-order valence-corrected chi connectivity index (χ4v) is 3.44. The van der Waals surface area contributed by atoms with Crippen molar-refractivity contribution in [2.75, 3.05) is 12.3 Å². The Morgan fingerprint density at radius 1 is 1.29 bits per heavy atom. The number of aryl methyl sites for hydroxylation is 2. The number of nitrogens with zero attached hydrogens (tertiary/aromatic N) is 1. The highest BCUT2D eigenvalue weighted by atomic mass is 32.2. The molecule has 2 aromatic rings. The Morgan fingerprint density at radius 3 is 2.48 bits per heavy atom. The van der Waals surface area contributed by atoms with Crippen LogP contribution in [0.1, 0.15) is 21.7 Å². The summed E-state index contributed by atoms with van der Waals surface area (Å²) in [5.74, 6) is -0.581. The van der Waals surface area contributed by atoms with Gasteiger partial charge in [-0.3, -0.25) is 4.79 Å². The SMILES string of the molecule is Cc1ccc(C)n1-c1sccc1C(=O)NCCS(N)(=O)=O. The molecule has 114 valence electrons. The van der Waals surface area contributed by atoms with E-state index in [1.54, 1.807) is 6.07 Å². The standard InChI is InChI=1S/C13H17N3O3S2/c1-9-3-4-10(2)16(9)13-11(5-7-20-13)12(17)15-6-8-21(14,18)19/h3-5,7H,6,8H2,1-2H3,(H,15,17)(H2,14,18,19). The van der Waals surface area contributed by atoms with Crippen LogP contribution < -0.4 is 10.5 Å². The molecule has 0 aliphatic carbocycles. The van der Waals surface area contributed by atoms with E-state index in [-0.39, 0.29) is 18.2 Å². The zero-order valence-electron chi connectivity index (χ0n) is 11.8. The molecule has 0 radical (unpaired) electrons. The van der Waals surface area contributed by atoms with E-state index in [9.17, 15) is 13.2 Å². The van der Waals surface area contributed by atoms with Crippen LogP contribution >= 0.6 is 11.3 Å². The summed E-state index contributed by atoms with van der Waals surface area (Å²) in [5.41, 5.74) is 2.60. The van der Waals surface area contributed by atoms with Gasteiger partial charge in [0.1, 0.15) is 5.00 Å². The lowest BCUT2D eigenvalue weighted by Gasteiger charge is -2.10. The fraction of sp³-hybridized carbons (Fsp3) is 0.308. The average molecular weight is 327 g/mol. The Bertz CT molecular complexity index is 740. The lowest BCUT2D eigenvalue weighted by atomic mass is 10.3. The van der Waals surface area contributed by atoms with Crippen LogP contribution in [0.5, 0.6) is 0 Å².